The Balaban J connectivity index is 3.10. The number of alkyl halides is 1. The molecular formula is C7H6ClNO5. The maximum Gasteiger partial charge on any atom is 0.335 e. The number of rotatable bonds is 2. The molecule has 1 rings (SSSR count). The van der Waals surface area contributed by atoms with Gasteiger partial charge in [-0.15, -0.1) is 11.6 Å². The lowest BCUT2D eigenvalue weighted by Gasteiger charge is -2.15. The normalized spacial score (nSPS) is 26.4. The lowest BCUT2D eigenvalue weighted by Crippen LogP contribution is -2.29. The van der Waals surface area contributed by atoms with E-state index in [1.54, 1.807) is 0 Å². The molecule has 0 saturated heterocycles. The van der Waals surface area contributed by atoms with Crippen LogP contribution in [-0.2, 0) is 4.79 Å². The monoisotopic (exact) mass is 219 g/mol. The Bertz CT molecular complexity index is 348. The highest BCUT2D eigenvalue weighted by molar-refractivity contribution is 6.23. The van der Waals surface area contributed by atoms with Crippen LogP contribution in [0.15, 0.2) is 23.4 Å². The highest BCUT2D eigenvalue weighted by Gasteiger charge is 2.33. The number of aliphatic carboxylic acids is 1. The third kappa shape index (κ3) is 1.91. The van der Waals surface area contributed by atoms with Gasteiger partial charge >= 0.3 is 5.97 Å². The standard InChI is InChI=1S/C7H6ClNO5/c8-4-1-3(7(11)12)2-5(6(4)10)9(13)14/h1-2,4,6,10H,(H,11,12). The number of hydrogen-bond acceptors (Lipinski definition) is 4. The minimum absolute atomic E-state index is 0.290. The van der Waals surface area contributed by atoms with Gasteiger partial charge in [0.25, 0.3) is 5.70 Å². The van der Waals surface area contributed by atoms with Crippen LogP contribution in [0.2, 0.25) is 0 Å². The molecule has 2 atom stereocenters. The van der Waals surface area contributed by atoms with Gasteiger partial charge in [0.05, 0.1) is 15.9 Å². The van der Waals surface area contributed by atoms with Gasteiger partial charge in [0, 0.05) is 6.08 Å². The molecule has 0 spiro atoms. The number of nitrogens with zero attached hydrogens (tertiary/aromatic N) is 1. The molecule has 0 fully saturated rings. The molecule has 0 bridgehead atoms. The second kappa shape index (κ2) is 3.77. The molecule has 0 aromatic heterocycles. The number of carbonyl (C=O) groups is 1. The highest BCUT2D eigenvalue weighted by Crippen LogP contribution is 2.22. The summed E-state index contributed by atoms with van der Waals surface area (Å²) in [6, 6.07) is 0. The second-order valence-corrected chi connectivity index (χ2v) is 3.15. The fourth-order valence-electron chi connectivity index (χ4n) is 1.01. The summed E-state index contributed by atoms with van der Waals surface area (Å²) in [4.78, 5) is 20.0. The molecule has 6 nitrogen and oxygen atoms in total. The summed E-state index contributed by atoms with van der Waals surface area (Å²) in [5, 5.41) is 27.1. The molecule has 14 heavy (non-hydrogen) atoms. The maximum atomic E-state index is 10.5. The number of aliphatic hydroxyl groups excluding tert-OH is 1. The van der Waals surface area contributed by atoms with E-state index in [4.69, 9.17) is 16.7 Å². The smallest absolute Gasteiger partial charge is 0.335 e. The Morgan fingerprint density at radius 1 is 1.64 bits per heavy atom. The van der Waals surface area contributed by atoms with Crippen molar-refractivity contribution in [3.05, 3.63) is 33.5 Å². The van der Waals surface area contributed by atoms with Crippen molar-refractivity contribution in [2.24, 2.45) is 0 Å². The van der Waals surface area contributed by atoms with E-state index in [0.29, 0.717) is 0 Å². The van der Waals surface area contributed by atoms with Gasteiger partial charge in [-0.2, -0.15) is 0 Å². The van der Waals surface area contributed by atoms with E-state index < -0.39 is 28.1 Å². The van der Waals surface area contributed by atoms with Crippen LogP contribution in [0.5, 0.6) is 0 Å². The van der Waals surface area contributed by atoms with Gasteiger partial charge in [-0.25, -0.2) is 4.79 Å². The first-order valence-corrected chi connectivity index (χ1v) is 4.00. The number of carboxylic acid groups (broad SMARTS) is 1. The Labute approximate surface area is 83.3 Å². The van der Waals surface area contributed by atoms with Gasteiger partial charge in [0.15, 0.2) is 6.10 Å². The summed E-state index contributed by atoms with van der Waals surface area (Å²) in [5.74, 6) is -1.32. The quantitative estimate of drug-likeness (QED) is 0.391. The number of aliphatic hydroxyl groups is 1. The molecule has 0 heterocycles. The van der Waals surface area contributed by atoms with Crippen LogP contribution >= 0.6 is 11.6 Å². The highest BCUT2D eigenvalue weighted by atomic mass is 35.5. The van der Waals surface area contributed by atoms with Crippen molar-refractivity contribution < 1.29 is 19.9 Å². The Kier molecular flexibility index (Phi) is 2.87. The molecule has 0 aromatic rings. The van der Waals surface area contributed by atoms with Crippen LogP contribution in [-0.4, -0.2) is 32.6 Å². The van der Waals surface area contributed by atoms with Crippen molar-refractivity contribution in [2.45, 2.75) is 11.5 Å². The number of halogens is 1. The largest absolute Gasteiger partial charge is 0.478 e. The first kappa shape index (κ1) is 10.7. The van der Waals surface area contributed by atoms with Gasteiger partial charge in [-0.05, 0) is 6.08 Å². The van der Waals surface area contributed by atoms with E-state index in [-0.39, 0.29) is 5.57 Å². The fraction of sp³-hybridized carbons (Fsp3) is 0.286. The summed E-state index contributed by atoms with van der Waals surface area (Å²) in [5.41, 5.74) is -0.896. The predicted molar refractivity (Wildman–Crippen MR) is 46.4 cm³/mol. The van der Waals surface area contributed by atoms with Gasteiger partial charge in [-0.1, -0.05) is 0 Å². The van der Waals surface area contributed by atoms with Crippen molar-refractivity contribution in [1.82, 2.24) is 0 Å². The molecular weight excluding hydrogens is 214 g/mol. The Morgan fingerprint density at radius 2 is 2.21 bits per heavy atom. The molecule has 0 aromatic carbocycles. The zero-order valence-corrected chi connectivity index (χ0v) is 7.51. The first-order chi connectivity index (χ1) is 6.43. The maximum absolute atomic E-state index is 10.5. The number of carboxylic acids is 1. The van der Waals surface area contributed by atoms with Gasteiger partial charge in [-0.3, -0.25) is 10.1 Å². The second-order valence-electron chi connectivity index (χ2n) is 2.64. The van der Waals surface area contributed by atoms with E-state index in [1.807, 2.05) is 0 Å². The number of hydrogen-bond donors (Lipinski definition) is 2. The van der Waals surface area contributed by atoms with Crippen LogP contribution in [0.1, 0.15) is 0 Å². The van der Waals surface area contributed by atoms with Crippen molar-refractivity contribution in [3.63, 3.8) is 0 Å². The fourth-order valence-corrected chi connectivity index (χ4v) is 1.28. The molecule has 7 heteroatoms. The SMILES string of the molecule is O=C(O)C1=CC(Cl)C(O)C([N+](=O)[O-])=C1. The molecule has 0 saturated carbocycles. The van der Waals surface area contributed by atoms with E-state index in [2.05, 4.69) is 0 Å². The minimum atomic E-state index is -1.48. The molecule has 1 aliphatic rings. The Morgan fingerprint density at radius 3 is 2.64 bits per heavy atom. The zero-order chi connectivity index (χ0) is 10.9. The van der Waals surface area contributed by atoms with Crippen molar-refractivity contribution in [3.8, 4) is 0 Å². The lowest BCUT2D eigenvalue weighted by atomic mass is 10.0. The molecule has 0 aliphatic heterocycles. The predicted octanol–water partition coefficient (Wildman–Crippen LogP) is 0.140. The summed E-state index contributed by atoms with van der Waals surface area (Å²) < 4.78 is 0. The van der Waals surface area contributed by atoms with Gasteiger partial charge in [0.1, 0.15) is 0 Å². The third-order valence-electron chi connectivity index (χ3n) is 1.70. The molecule has 2 unspecified atom stereocenters. The van der Waals surface area contributed by atoms with E-state index in [1.165, 1.54) is 0 Å². The van der Waals surface area contributed by atoms with Crippen molar-refractivity contribution in [2.75, 3.05) is 0 Å². The average Bonchev–Trinajstić information content (AvgIpc) is 2.08. The van der Waals surface area contributed by atoms with E-state index >= 15 is 0 Å². The summed E-state index contributed by atoms with van der Waals surface area (Å²) >= 11 is 5.51. The molecule has 0 radical (unpaired) electrons. The summed E-state index contributed by atoms with van der Waals surface area (Å²) in [6.07, 6.45) is 0.378. The summed E-state index contributed by atoms with van der Waals surface area (Å²) in [7, 11) is 0. The average molecular weight is 220 g/mol. The van der Waals surface area contributed by atoms with Crippen LogP contribution in [0.25, 0.3) is 0 Å². The van der Waals surface area contributed by atoms with Gasteiger partial charge in [0.2, 0.25) is 0 Å². The Hall–Kier alpha value is -1.40. The first-order valence-electron chi connectivity index (χ1n) is 3.56. The number of nitro groups is 1. The molecule has 0 amide bonds. The van der Waals surface area contributed by atoms with E-state index in [9.17, 15) is 20.0 Å². The lowest BCUT2D eigenvalue weighted by molar-refractivity contribution is -0.436. The van der Waals surface area contributed by atoms with Crippen molar-refractivity contribution >= 4 is 17.6 Å². The topological polar surface area (TPSA) is 101 Å². The third-order valence-corrected chi connectivity index (χ3v) is 2.07. The van der Waals surface area contributed by atoms with Crippen LogP contribution in [0.4, 0.5) is 0 Å². The van der Waals surface area contributed by atoms with Crippen LogP contribution < -0.4 is 0 Å². The molecule has 2 N–H and O–H groups in total. The summed E-state index contributed by atoms with van der Waals surface area (Å²) in [6.45, 7) is 0. The van der Waals surface area contributed by atoms with Crippen molar-refractivity contribution in [1.29, 1.82) is 0 Å². The van der Waals surface area contributed by atoms with Crippen LogP contribution in [0.3, 0.4) is 0 Å². The van der Waals surface area contributed by atoms with Gasteiger partial charge < -0.3 is 10.2 Å². The molecule has 1 aliphatic carbocycles. The van der Waals surface area contributed by atoms with Crippen LogP contribution in [0, 0.1) is 10.1 Å². The van der Waals surface area contributed by atoms with E-state index in [0.717, 1.165) is 12.2 Å². The molecule has 76 valence electrons. The zero-order valence-electron chi connectivity index (χ0n) is 6.75. The minimum Gasteiger partial charge on any atom is -0.478 e.